The van der Waals surface area contributed by atoms with Crippen LogP contribution in [-0.4, -0.2) is 6.54 Å². The fourth-order valence-corrected chi connectivity index (χ4v) is 2.55. The van der Waals surface area contributed by atoms with Crippen molar-refractivity contribution in [3.8, 4) is 0 Å². The summed E-state index contributed by atoms with van der Waals surface area (Å²) in [5.41, 5.74) is 8.61. The van der Waals surface area contributed by atoms with Gasteiger partial charge in [-0.1, -0.05) is 72.8 Å². The van der Waals surface area contributed by atoms with Crippen molar-refractivity contribution >= 4 is 0 Å². The number of benzene rings is 2. The molecule has 0 aliphatic rings. The van der Waals surface area contributed by atoms with Gasteiger partial charge in [0.1, 0.15) is 0 Å². The molecule has 0 saturated carbocycles. The highest BCUT2D eigenvalue weighted by Gasteiger charge is 2.31. The Balaban J connectivity index is 2.54. The van der Waals surface area contributed by atoms with E-state index in [4.69, 9.17) is 5.73 Å². The van der Waals surface area contributed by atoms with Crippen LogP contribution in [0.4, 0.5) is 0 Å². The molecule has 2 N–H and O–H groups in total. The first kappa shape index (κ1) is 13.6. The molecule has 2 aromatic carbocycles. The summed E-state index contributed by atoms with van der Waals surface area (Å²) in [7, 11) is 0. The van der Waals surface area contributed by atoms with Gasteiger partial charge in [0.15, 0.2) is 0 Å². The third-order valence-electron chi connectivity index (χ3n) is 3.70. The maximum atomic E-state index is 6.18. The third-order valence-corrected chi connectivity index (χ3v) is 3.70. The molecule has 0 bridgehead atoms. The van der Waals surface area contributed by atoms with Crippen molar-refractivity contribution in [2.24, 2.45) is 5.73 Å². The minimum atomic E-state index is -0.130. The number of hydrogen-bond donors (Lipinski definition) is 1. The number of nitrogens with two attached hydrogens (primary N) is 1. The molecular formula is C18H21N. The zero-order valence-corrected chi connectivity index (χ0v) is 11.4. The quantitative estimate of drug-likeness (QED) is 0.801. The van der Waals surface area contributed by atoms with E-state index in [0.29, 0.717) is 6.54 Å². The Morgan fingerprint density at radius 1 is 0.895 bits per heavy atom. The predicted octanol–water partition coefficient (Wildman–Crippen LogP) is 3.90. The molecule has 98 valence electrons. The third kappa shape index (κ3) is 2.77. The number of allylic oxidation sites excluding steroid dienone is 2. The van der Waals surface area contributed by atoms with Crippen LogP contribution in [-0.2, 0) is 5.41 Å². The first-order chi connectivity index (χ1) is 9.33. The van der Waals surface area contributed by atoms with E-state index in [2.05, 4.69) is 67.6 Å². The van der Waals surface area contributed by atoms with Crippen LogP contribution in [0.3, 0.4) is 0 Å². The fourth-order valence-electron chi connectivity index (χ4n) is 2.55. The van der Waals surface area contributed by atoms with E-state index in [0.717, 1.165) is 6.42 Å². The molecule has 0 saturated heterocycles. The summed E-state index contributed by atoms with van der Waals surface area (Å²) >= 11 is 0. The van der Waals surface area contributed by atoms with Crippen molar-refractivity contribution in [2.45, 2.75) is 18.8 Å². The summed E-state index contributed by atoms with van der Waals surface area (Å²) in [5, 5.41) is 0. The van der Waals surface area contributed by atoms with Crippen molar-refractivity contribution in [1.82, 2.24) is 0 Å². The molecule has 19 heavy (non-hydrogen) atoms. The minimum Gasteiger partial charge on any atom is -0.329 e. The van der Waals surface area contributed by atoms with E-state index in [9.17, 15) is 0 Å². The Morgan fingerprint density at radius 2 is 1.37 bits per heavy atom. The molecule has 0 radical (unpaired) electrons. The Morgan fingerprint density at radius 3 is 1.74 bits per heavy atom. The van der Waals surface area contributed by atoms with Gasteiger partial charge in [0.2, 0.25) is 0 Å². The molecule has 2 rings (SSSR count). The van der Waals surface area contributed by atoms with Crippen LogP contribution in [0.5, 0.6) is 0 Å². The lowest BCUT2D eigenvalue weighted by Crippen LogP contribution is -2.36. The molecule has 0 aliphatic carbocycles. The zero-order chi connectivity index (χ0) is 13.6. The average Bonchev–Trinajstić information content (AvgIpc) is 2.51. The molecule has 2 aromatic rings. The van der Waals surface area contributed by atoms with Crippen molar-refractivity contribution in [3.63, 3.8) is 0 Å². The Labute approximate surface area is 115 Å². The second kappa shape index (κ2) is 6.35. The minimum absolute atomic E-state index is 0.130. The Hall–Kier alpha value is -1.86. The summed E-state index contributed by atoms with van der Waals surface area (Å²) in [6.07, 6.45) is 5.22. The molecule has 1 heteroatoms. The van der Waals surface area contributed by atoms with Crippen LogP contribution < -0.4 is 5.73 Å². The molecule has 0 amide bonds. The smallest absolute Gasteiger partial charge is 0.0359 e. The average molecular weight is 251 g/mol. The maximum absolute atomic E-state index is 6.18. The molecule has 1 nitrogen and oxygen atoms in total. The lowest BCUT2D eigenvalue weighted by molar-refractivity contribution is 0.533. The molecular weight excluding hydrogens is 230 g/mol. The molecule has 0 unspecified atom stereocenters. The highest BCUT2D eigenvalue weighted by atomic mass is 14.6. The van der Waals surface area contributed by atoms with E-state index in [1.54, 1.807) is 0 Å². The van der Waals surface area contributed by atoms with Crippen LogP contribution in [0, 0.1) is 0 Å². The van der Waals surface area contributed by atoms with Gasteiger partial charge in [0, 0.05) is 12.0 Å². The van der Waals surface area contributed by atoms with Crippen molar-refractivity contribution < 1.29 is 0 Å². The molecule has 0 spiro atoms. The van der Waals surface area contributed by atoms with Gasteiger partial charge in [-0.05, 0) is 24.5 Å². The first-order valence-corrected chi connectivity index (χ1v) is 6.76. The SMILES string of the molecule is CC=CCC(CN)(c1ccccc1)c1ccccc1. The van der Waals surface area contributed by atoms with Gasteiger partial charge in [-0.15, -0.1) is 0 Å². The molecule has 0 aliphatic heterocycles. The maximum Gasteiger partial charge on any atom is 0.0359 e. The zero-order valence-electron chi connectivity index (χ0n) is 11.4. The summed E-state index contributed by atoms with van der Waals surface area (Å²) in [6, 6.07) is 21.1. The van der Waals surface area contributed by atoms with Crippen LogP contribution in [0.2, 0.25) is 0 Å². The van der Waals surface area contributed by atoms with E-state index in [-0.39, 0.29) is 5.41 Å². The summed E-state index contributed by atoms with van der Waals surface area (Å²) in [6.45, 7) is 2.66. The summed E-state index contributed by atoms with van der Waals surface area (Å²) in [4.78, 5) is 0. The lowest BCUT2D eigenvalue weighted by Gasteiger charge is -2.33. The van der Waals surface area contributed by atoms with E-state index in [1.807, 2.05) is 12.1 Å². The highest BCUT2D eigenvalue weighted by Crippen LogP contribution is 2.35. The van der Waals surface area contributed by atoms with Gasteiger partial charge >= 0.3 is 0 Å². The fraction of sp³-hybridized carbons (Fsp3) is 0.222. The molecule has 0 aromatic heterocycles. The molecule has 0 heterocycles. The van der Waals surface area contributed by atoms with Crippen molar-refractivity contribution in [3.05, 3.63) is 83.9 Å². The van der Waals surface area contributed by atoms with Gasteiger partial charge in [-0.3, -0.25) is 0 Å². The van der Waals surface area contributed by atoms with Gasteiger partial charge in [0.25, 0.3) is 0 Å². The van der Waals surface area contributed by atoms with Crippen LogP contribution >= 0.6 is 0 Å². The first-order valence-electron chi connectivity index (χ1n) is 6.76. The number of hydrogen-bond acceptors (Lipinski definition) is 1. The molecule has 0 fully saturated rings. The highest BCUT2D eigenvalue weighted by molar-refractivity contribution is 5.40. The molecule has 0 atom stereocenters. The second-order valence-corrected chi connectivity index (χ2v) is 4.79. The number of rotatable bonds is 5. The Bertz CT molecular complexity index is 474. The van der Waals surface area contributed by atoms with E-state index >= 15 is 0 Å². The van der Waals surface area contributed by atoms with Gasteiger partial charge in [-0.2, -0.15) is 0 Å². The van der Waals surface area contributed by atoms with Crippen LogP contribution in [0.25, 0.3) is 0 Å². The largest absolute Gasteiger partial charge is 0.329 e. The van der Waals surface area contributed by atoms with E-state index < -0.39 is 0 Å². The van der Waals surface area contributed by atoms with E-state index in [1.165, 1.54) is 11.1 Å². The predicted molar refractivity (Wildman–Crippen MR) is 82.1 cm³/mol. The van der Waals surface area contributed by atoms with Crippen molar-refractivity contribution in [1.29, 1.82) is 0 Å². The van der Waals surface area contributed by atoms with Crippen LogP contribution in [0.1, 0.15) is 24.5 Å². The normalized spacial score (nSPS) is 11.9. The standard InChI is InChI=1S/C18H21N/c1-2-3-14-18(15-19,16-10-6-4-7-11-16)17-12-8-5-9-13-17/h2-13H,14-15,19H2,1H3. The van der Waals surface area contributed by atoms with Gasteiger partial charge in [0.05, 0.1) is 0 Å². The summed E-state index contributed by atoms with van der Waals surface area (Å²) in [5.74, 6) is 0. The Kier molecular flexibility index (Phi) is 4.53. The lowest BCUT2D eigenvalue weighted by atomic mass is 9.72. The summed E-state index contributed by atoms with van der Waals surface area (Å²) < 4.78 is 0. The van der Waals surface area contributed by atoms with Gasteiger partial charge in [-0.25, -0.2) is 0 Å². The van der Waals surface area contributed by atoms with Crippen LogP contribution in [0.15, 0.2) is 72.8 Å². The second-order valence-electron chi connectivity index (χ2n) is 4.79. The van der Waals surface area contributed by atoms with Crippen molar-refractivity contribution in [2.75, 3.05) is 6.54 Å². The topological polar surface area (TPSA) is 26.0 Å². The monoisotopic (exact) mass is 251 g/mol. The van der Waals surface area contributed by atoms with Gasteiger partial charge < -0.3 is 5.73 Å².